The molecule has 0 saturated carbocycles. The fourth-order valence-corrected chi connectivity index (χ4v) is 6.34. The van der Waals surface area contributed by atoms with Crippen molar-refractivity contribution in [2.24, 2.45) is 5.92 Å². The van der Waals surface area contributed by atoms with Crippen molar-refractivity contribution in [2.45, 2.75) is 31.9 Å². The van der Waals surface area contributed by atoms with E-state index in [-0.39, 0.29) is 5.91 Å². The smallest absolute Gasteiger partial charge is 0.262 e. The molecular weight excluding hydrogens is 402 g/mol. The number of hydrogen-bond donors (Lipinski definition) is 1. The molecule has 1 aromatic carbocycles. The van der Waals surface area contributed by atoms with Crippen LogP contribution in [0.25, 0.3) is 6.08 Å². The Kier molecular flexibility index (Phi) is 4.58. The first-order valence-electron chi connectivity index (χ1n) is 8.15. The summed E-state index contributed by atoms with van der Waals surface area (Å²) in [6.07, 6.45) is 5.78. The molecule has 24 heavy (non-hydrogen) atoms. The van der Waals surface area contributed by atoms with Crippen molar-refractivity contribution in [1.29, 1.82) is 0 Å². The summed E-state index contributed by atoms with van der Waals surface area (Å²) in [5.41, 5.74) is 3.86. The van der Waals surface area contributed by atoms with E-state index in [2.05, 4.69) is 34.2 Å². The molecule has 0 spiro atoms. The van der Waals surface area contributed by atoms with Crippen LogP contribution in [0.4, 0.5) is 5.69 Å². The molecule has 0 radical (unpaired) electrons. The third-order valence-corrected chi connectivity index (χ3v) is 7.61. The average molecular weight is 420 g/mol. The minimum Gasteiger partial charge on any atom is -0.320 e. The lowest BCUT2D eigenvalue weighted by Gasteiger charge is -2.20. The molecule has 2 heterocycles. The zero-order valence-corrected chi connectivity index (χ0v) is 16.6. The Morgan fingerprint density at radius 3 is 2.96 bits per heavy atom. The van der Waals surface area contributed by atoms with Gasteiger partial charge in [-0.05, 0) is 70.4 Å². The second-order valence-corrected chi connectivity index (χ2v) is 9.43. The van der Waals surface area contributed by atoms with Crippen molar-refractivity contribution < 1.29 is 4.79 Å². The van der Waals surface area contributed by atoms with Gasteiger partial charge in [0, 0.05) is 20.0 Å². The Bertz CT molecular complexity index is 840. The zero-order chi connectivity index (χ0) is 16.7. The van der Waals surface area contributed by atoms with Gasteiger partial charge in [0.05, 0.1) is 10.6 Å². The molecule has 1 N–H and O–H groups in total. The summed E-state index contributed by atoms with van der Waals surface area (Å²) in [6.45, 7) is 2.34. The lowest BCUT2D eigenvalue weighted by atomic mass is 9.88. The van der Waals surface area contributed by atoms with Gasteiger partial charge in [-0.1, -0.05) is 19.1 Å². The van der Waals surface area contributed by atoms with E-state index in [1.54, 1.807) is 22.2 Å². The molecule has 4 rings (SSSR count). The minimum absolute atomic E-state index is 0.0164. The van der Waals surface area contributed by atoms with Crippen molar-refractivity contribution in [3.8, 4) is 0 Å². The van der Waals surface area contributed by atoms with Gasteiger partial charge in [0.2, 0.25) is 0 Å². The number of rotatable bonds is 2. The van der Waals surface area contributed by atoms with E-state index in [0.717, 1.165) is 26.7 Å². The van der Waals surface area contributed by atoms with E-state index in [9.17, 15) is 4.79 Å². The maximum absolute atomic E-state index is 12.6. The summed E-state index contributed by atoms with van der Waals surface area (Å²) in [5.74, 6) is 1.69. The normalized spacial score (nSPS) is 19.2. The number of halogens is 1. The van der Waals surface area contributed by atoms with E-state index >= 15 is 0 Å². The van der Waals surface area contributed by atoms with Gasteiger partial charge in [0.25, 0.3) is 5.91 Å². The highest BCUT2D eigenvalue weighted by atomic mass is 79.9. The Hall–Kier alpha value is -1.04. The molecular formula is C19H18BrNOS2. The van der Waals surface area contributed by atoms with Crippen LogP contribution in [-0.2, 0) is 23.4 Å². The average Bonchev–Trinajstić information content (AvgIpc) is 2.93. The van der Waals surface area contributed by atoms with E-state index in [1.807, 2.05) is 35.6 Å². The van der Waals surface area contributed by atoms with E-state index in [1.165, 1.54) is 29.7 Å². The molecule has 5 heteroatoms. The van der Waals surface area contributed by atoms with Crippen LogP contribution in [0.5, 0.6) is 0 Å². The Balaban J connectivity index is 1.59. The number of thioether (sulfide) groups is 1. The van der Waals surface area contributed by atoms with Gasteiger partial charge in [0.15, 0.2) is 0 Å². The lowest BCUT2D eigenvalue weighted by Crippen LogP contribution is -2.15. The fraction of sp³-hybridized carbons (Fsp3) is 0.316. The Morgan fingerprint density at radius 2 is 2.12 bits per heavy atom. The summed E-state index contributed by atoms with van der Waals surface area (Å²) in [6, 6.07) is 7.71. The second-order valence-electron chi connectivity index (χ2n) is 6.43. The number of carbonyl (C=O) groups excluding carboxylic acids is 1. The first-order chi connectivity index (χ1) is 11.6. The first-order valence-corrected chi connectivity index (χ1v) is 10.7. The molecule has 1 aliphatic heterocycles. The Morgan fingerprint density at radius 1 is 1.29 bits per heavy atom. The van der Waals surface area contributed by atoms with Crippen LogP contribution in [-0.4, -0.2) is 5.91 Å². The first kappa shape index (κ1) is 16.4. The monoisotopic (exact) mass is 419 g/mol. The minimum atomic E-state index is -0.0164. The van der Waals surface area contributed by atoms with E-state index in [4.69, 9.17) is 0 Å². The van der Waals surface area contributed by atoms with Crippen LogP contribution in [0, 0.1) is 5.92 Å². The number of nitrogens with one attached hydrogen (secondary N) is 1. The number of hydrogen-bond acceptors (Lipinski definition) is 3. The van der Waals surface area contributed by atoms with Gasteiger partial charge in [-0.2, -0.15) is 0 Å². The van der Waals surface area contributed by atoms with Crippen LogP contribution in [0.2, 0.25) is 0 Å². The maximum Gasteiger partial charge on any atom is 0.262 e. The highest BCUT2D eigenvalue weighted by Gasteiger charge is 2.27. The van der Waals surface area contributed by atoms with Gasteiger partial charge in [0.1, 0.15) is 0 Å². The molecule has 1 aromatic heterocycles. The van der Waals surface area contributed by atoms with Crippen molar-refractivity contribution in [3.05, 3.63) is 54.5 Å². The third kappa shape index (κ3) is 3.09. The van der Waals surface area contributed by atoms with Gasteiger partial charge < -0.3 is 5.32 Å². The highest BCUT2D eigenvalue weighted by molar-refractivity contribution is 9.10. The van der Waals surface area contributed by atoms with Crippen molar-refractivity contribution >= 4 is 56.7 Å². The predicted molar refractivity (Wildman–Crippen MR) is 108 cm³/mol. The van der Waals surface area contributed by atoms with Crippen LogP contribution in [0.3, 0.4) is 0 Å². The summed E-state index contributed by atoms with van der Waals surface area (Å²) < 4.78 is 0.904. The van der Waals surface area contributed by atoms with Crippen LogP contribution in [0.1, 0.15) is 34.2 Å². The molecule has 0 fully saturated rings. The molecule has 124 valence electrons. The van der Waals surface area contributed by atoms with Crippen LogP contribution >= 0.6 is 39.0 Å². The van der Waals surface area contributed by atoms with Gasteiger partial charge in [-0.3, -0.25) is 4.79 Å². The molecule has 2 nitrogen and oxygen atoms in total. The van der Waals surface area contributed by atoms with Gasteiger partial charge >= 0.3 is 0 Å². The molecule has 0 saturated heterocycles. The SMILES string of the molecule is C[C@@H]1CCc2c(sc3c2CSC(C(=O)Nc2ccccc2Br)=C3)C1. The van der Waals surface area contributed by atoms with Gasteiger partial charge in [-0.15, -0.1) is 23.1 Å². The standard InChI is InChI=1S/C19H18BrNOS2/c1-11-6-7-12-13-10-23-18(9-17(13)24-16(12)8-11)19(22)21-15-5-3-2-4-14(15)20/h2-5,9,11H,6-8,10H2,1H3,(H,21,22)/t11-/m1/s1. The topological polar surface area (TPSA) is 29.1 Å². The number of thiophene rings is 1. The molecule has 1 amide bonds. The van der Waals surface area contributed by atoms with E-state index in [0.29, 0.717) is 0 Å². The zero-order valence-electron chi connectivity index (χ0n) is 13.4. The summed E-state index contributed by atoms with van der Waals surface area (Å²) >= 11 is 7.03. The number of amides is 1. The third-order valence-electron chi connectivity index (χ3n) is 4.63. The van der Waals surface area contributed by atoms with Crippen molar-refractivity contribution in [2.75, 3.05) is 5.32 Å². The summed E-state index contributed by atoms with van der Waals surface area (Å²) in [7, 11) is 0. The number of fused-ring (bicyclic) bond motifs is 3. The van der Waals surface area contributed by atoms with E-state index < -0.39 is 0 Å². The largest absolute Gasteiger partial charge is 0.320 e. The highest BCUT2D eigenvalue weighted by Crippen LogP contribution is 2.43. The number of carbonyl (C=O) groups is 1. The molecule has 1 atom stereocenters. The Labute approximate surface area is 158 Å². The molecule has 0 bridgehead atoms. The van der Waals surface area contributed by atoms with Crippen molar-refractivity contribution in [1.82, 2.24) is 0 Å². The number of para-hydroxylation sites is 1. The van der Waals surface area contributed by atoms with Crippen LogP contribution < -0.4 is 5.32 Å². The quantitative estimate of drug-likeness (QED) is 0.659. The summed E-state index contributed by atoms with van der Waals surface area (Å²) in [5, 5.41) is 3.01. The lowest BCUT2D eigenvalue weighted by molar-refractivity contribution is -0.112. The van der Waals surface area contributed by atoms with Crippen molar-refractivity contribution in [3.63, 3.8) is 0 Å². The second kappa shape index (κ2) is 6.70. The predicted octanol–water partition coefficient (Wildman–Crippen LogP) is 5.86. The summed E-state index contributed by atoms with van der Waals surface area (Å²) in [4.78, 5) is 16.3. The molecule has 1 aliphatic carbocycles. The van der Waals surface area contributed by atoms with Crippen LogP contribution in [0.15, 0.2) is 33.6 Å². The maximum atomic E-state index is 12.6. The fourth-order valence-electron chi connectivity index (χ4n) is 3.30. The number of benzene rings is 1. The molecule has 0 unspecified atom stereocenters. The molecule has 2 aromatic rings. The van der Waals surface area contributed by atoms with Gasteiger partial charge in [-0.25, -0.2) is 0 Å². The number of anilines is 1. The molecule has 2 aliphatic rings.